The van der Waals surface area contributed by atoms with Crippen molar-refractivity contribution in [2.45, 2.75) is 315 Å². The molecule has 8 nitrogen and oxygen atoms in total. The third kappa shape index (κ3) is 58.0. The first-order valence-electron chi connectivity index (χ1n) is 31.5. The van der Waals surface area contributed by atoms with Gasteiger partial charge in [-0.2, -0.15) is 0 Å². The van der Waals surface area contributed by atoms with E-state index in [1.54, 1.807) is 0 Å². The molecule has 3 atom stereocenters. The Morgan fingerprint density at radius 2 is 0.836 bits per heavy atom. The van der Waals surface area contributed by atoms with Gasteiger partial charge in [-0.1, -0.05) is 294 Å². The van der Waals surface area contributed by atoms with Gasteiger partial charge in [-0.25, -0.2) is 0 Å². The molecule has 0 aliphatic heterocycles. The van der Waals surface area contributed by atoms with Crippen LogP contribution in [0.5, 0.6) is 0 Å². The molecule has 430 valence electrons. The number of nitrogens with one attached hydrogen (secondary N) is 1. The fourth-order valence-electron chi connectivity index (χ4n) is 9.45. The van der Waals surface area contributed by atoms with Crippen molar-refractivity contribution in [3.63, 3.8) is 0 Å². The second-order valence-corrected chi connectivity index (χ2v) is 24.2. The first-order valence-corrected chi connectivity index (χ1v) is 32.9. The van der Waals surface area contributed by atoms with Gasteiger partial charge in [0.2, 0.25) is 5.91 Å². The lowest BCUT2D eigenvalue weighted by molar-refractivity contribution is -0.870. The van der Waals surface area contributed by atoms with Gasteiger partial charge in [-0.3, -0.25) is 9.36 Å². The van der Waals surface area contributed by atoms with Crippen LogP contribution < -0.4 is 10.2 Å². The lowest BCUT2D eigenvalue weighted by Gasteiger charge is -2.30. The number of carbonyl (C=O) groups is 1. The smallest absolute Gasteiger partial charge is 0.268 e. The zero-order chi connectivity index (χ0) is 53.5. The fraction of sp³-hybridized carbons (Fsp3) is 0.859. The van der Waals surface area contributed by atoms with Crippen LogP contribution >= 0.6 is 7.82 Å². The largest absolute Gasteiger partial charge is 0.756 e. The molecule has 1 amide bonds. The van der Waals surface area contributed by atoms with E-state index in [1.807, 2.05) is 21.1 Å². The summed E-state index contributed by atoms with van der Waals surface area (Å²) in [5.74, 6) is -0.176. The first-order chi connectivity index (χ1) is 35.5. The molecule has 0 radical (unpaired) electrons. The number of phosphoric ester groups is 1. The van der Waals surface area contributed by atoms with Gasteiger partial charge in [0.25, 0.3) is 7.82 Å². The van der Waals surface area contributed by atoms with Crippen LogP contribution in [0.25, 0.3) is 0 Å². The second-order valence-electron chi connectivity index (χ2n) is 22.7. The molecule has 0 aliphatic rings. The average Bonchev–Trinajstić information content (AvgIpc) is 3.35. The van der Waals surface area contributed by atoms with Crippen molar-refractivity contribution in [1.29, 1.82) is 0 Å². The van der Waals surface area contributed by atoms with Crippen LogP contribution in [-0.2, 0) is 18.4 Å². The molecule has 0 aromatic carbocycles. The van der Waals surface area contributed by atoms with Gasteiger partial charge >= 0.3 is 0 Å². The van der Waals surface area contributed by atoms with Gasteiger partial charge in [0.1, 0.15) is 13.2 Å². The van der Waals surface area contributed by atoms with E-state index in [1.165, 1.54) is 199 Å². The summed E-state index contributed by atoms with van der Waals surface area (Å²) in [6.45, 7) is 4.63. The Balaban J connectivity index is 4.05. The third-order valence-corrected chi connectivity index (χ3v) is 15.3. The molecule has 0 aliphatic carbocycles. The summed E-state index contributed by atoms with van der Waals surface area (Å²) >= 11 is 0. The Labute approximate surface area is 454 Å². The van der Waals surface area contributed by atoms with Crippen molar-refractivity contribution < 1.29 is 32.9 Å². The minimum atomic E-state index is -4.58. The molecule has 0 rings (SSSR count). The maximum atomic E-state index is 13.0. The summed E-state index contributed by atoms with van der Waals surface area (Å²) in [4.78, 5) is 25.6. The van der Waals surface area contributed by atoms with Crippen molar-refractivity contribution in [2.75, 3.05) is 40.9 Å². The normalized spacial score (nSPS) is 14.1. The number of phosphoric acid groups is 1. The van der Waals surface area contributed by atoms with Crippen LogP contribution in [0.15, 0.2) is 48.6 Å². The van der Waals surface area contributed by atoms with Crippen LogP contribution in [-0.4, -0.2) is 68.5 Å². The van der Waals surface area contributed by atoms with Gasteiger partial charge in [0.15, 0.2) is 0 Å². The predicted octanol–water partition coefficient (Wildman–Crippen LogP) is 18.9. The Morgan fingerprint density at radius 3 is 1.22 bits per heavy atom. The number of quaternary nitrogens is 1. The summed E-state index contributed by atoms with van der Waals surface area (Å²) < 4.78 is 23.5. The average molecular weight is 1050 g/mol. The molecule has 0 bridgehead atoms. The SMILES string of the molecule is CC/C=C\C/C=C\C/C=C\C/C=C\CCCCCCCCC(=O)NC(COP(=O)([O-])OCC[N+](C)(C)C)C(O)CCCCCCCCCCCCCCCCCCCCCCCCCCCCCCCCCC. The molecule has 0 spiro atoms. The number of amides is 1. The molecule has 2 N–H and O–H groups in total. The minimum absolute atomic E-state index is 0.00793. The summed E-state index contributed by atoms with van der Waals surface area (Å²) in [6.07, 6.45) is 73.1. The standard InChI is InChI=1S/C64H123N2O6P/c1-6-8-10-12-14-16-18-20-22-24-26-27-28-29-30-31-32-33-34-35-36-37-38-40-41-43-45-47-49-51-53-55-57-63(67)62(61-72-73(69,70)71-60-59-66(3,4)5)65-64(68)58-56-54-52-50-48-46-44-42-39-25-23-21-19-17-15-13-11-9-7-2/h9,11,15,17,21,23,39,42,62-63,67H,6-8,10,12-14,16,18-20,22,24-38,40-41,43-61H2,1-5H3,(H-,65,68,69,70)/b11-9-,17-15-,23-21-,42-39-. The lowest BCUT2D eigenvalue weighted by Crippen LogP contribution is -2.46. The number of allylic oxidation sites excluding steroid dienone is 8. The number of rotatable bonds is 58. The zero-order valence-electron chi connectivity index (χ0n) is 49.1. The van der Waals surface area contributed by atoms with Crippen LogP contribution in [0.4, 0.5) is 0 Å². The van der Waals surface area contributed by atoms with Crippen molar-refractivity contribution in [1.82, 2.24) is 5.32 Å². The van der Waals surface area contributed by atoms with Gasteiger partial charge in [-0.15, -0.1) is 0 Å². The van der Waals surface area contributed by atoms with E-state index < -0.39 is 20.0 Å². The Bertz CT molecular complexity index is 1330. The van der Waals surface area contributed by atoms with Crippen LogP contribution in [0.1, 0.15) is 303 Å². The van der Waals surface area contributed by atoms with E-state index in [-0.39, 0.29) is 19.1 Å². The second kappa shape index (κ2) is 55.2. The van der Waals surface area contributed by atoms with Crippen molar-refractivity contribution in [2.24, 2.45) is 0 Å². The van der Waals surface area contributed by atoms with E-state index in [9.17, 15) is 19.4 Å². The highest BCUT2D eigenvalue weighted by Gasteiger charge is 2.24. The first kappa shape index (κ1) is 71.5. The van der Waals surface area contributed by atoms with Crippen molar-refractivity contribution in [3.05, 3.63) is 48.6 Å². The van der Waals surface area contributed by atoms with Crippen LogP contribution in [0.3, 0.4) is 0 Å². The number of nitrogens with zero attached hydrogens (tertiary/aromatic N) is 1. The van der Waals surface area contributed by atoms with Gasteiger partial charge in [0, 0.05) is 6.42 Å². The maximum Gasteiger partial charge on any atom is 0.268 e. The molecular formula is C64H123N2O6P. The zero-order valence-corrected chi connectivity index (χ0v) is 50.0. The minimum Gasteiger partial charge on any atom is -0.756 e. The van der Waals surface area contributed by atoms with Gasteiger partial charge < -0.3 is 28.8 Å². The van der Waals surface area contributed by atoms with Crippen molar-refractivity contribution >= 4 is 13.7 Å². The number of likely N-dealkylation sites (N-methyl/N-ethyl adjacent to an activating group) is 1. The number of carbonyl (C=O) groups excluding carboxylic acids is 1. The fourth-order valence-corrected chi connectivity index (χ4v) is 10.2. The van der Waals surface area contributed by atoms with E-state index >= 15 is 0 Å². The highest BCUT2D eigenvalue weighted by Crippen LogP contribution is 2.38. The van der Waals surface area contributed by atoms with E-state index in [4.69, 9.17) is 9.05 Å². The highest BCUT2D eigenvalue weighted by molar-refractivity contribution is 7.45. The molecule has 0 fully saturated rings. The van der Waals surface area contributed by atoms with E-state index in [0.717, 1.165) is 77.0 Å². The number of aliphatic hydroxyl groups excluding tert-OH is 1. The molecule has 0 saturated carbocycles. The summed E-state index contributed by atoms with van der Waals surface area (Å²) in [7, 11) is 1.30. The molecule has 9 heteroatoms. The quantitative estimate of drug-likeness (QED) is 0.0272. The maximum absolute atomic E-state index is 13.0. The van der Waals surface area contributed by atoms with Crippen molar-refractivity contribution in [3.8, 4) is 0 Å². The van der Waals surface area contributed by atoms with Gasteiger partial charge in [0.05, 0.1) is 39.9 Å². The number of hydrogen-bond donors (Lipinski definition) is 2. The van der Waals surface area contributed by atoms with E-state index in [0.29, 0.717) is 23.9 Å². The predicted molar refractivity (Wildman–Crippen MR) is 316 cm³/mol. The lowest BCUT2D eigenvalue weighted by atomic mass is 10.0. The number of hydrogen-bond acceptors (Lipinski definition) is 6. The van der Waals surface area contributed by atoms with E-state index in [2.05, 4.69) is 67.8 Å². The number of aliphatic hydroxyl groups is 1. The molecule has 0 aromatic heterocycles. The Kier molecular flexibility index (Phi) is 54.1. The Hall–Kier alpha value is -1.54. The van der Waals surface area contributed by atoms with Crippen LogP contribution in [0.2, 0.25) is 0 Å². The highest BCUT2D eigenvalue weighted by atomic mass is 31.2. The number of unbranched alkanes of at least 4 members (excludes halogenated alkanes) is 37. The van der Waals surface area contributed by atoms with Crippen LogP contribution in [0, 0.1) is 0 Å². The Morgan fingerprint density at radius 1 is 0.493 bits per heavy atom. The molecule has 3 unspecified atom stereocenters. The molecule has 73 heavy (non-hydrogen) atoms. The topological polar surface area (TPSA) is 108 Å². The monoisotopic (exact) mass is 1050 g/mol. The summed E-state index contributed by atoms with van der Waals surface area (Å²) in [6, 6.07) is -0.812. The summed E-state index contributed by atoms with van der Waals surface area (Å²) in [5, 5.41) is 14.0. The molecule has 0 heterocycles. The third-order valence-electron chi connectivity index (χ3n) is 14.3. The molecular weight excluding hydrogens is 924 g/mol. The van der Waals surface area contributed by atoms with Gasteiger partial charge in [-0.05, 0) is 51.4 Å². The molecule has 0 aromatic rings. The molecule has 0 saturated heterocycles. The summed E-state index contributed by atoms with van der Waals surface area (Å²) in [5.41, 5.74) is 0.